The highest BCUT2D eigenvalue weighted by atomic mass is 16.4. The van der Waals surface area contributed by atoms with Crippen LogP contribution in [0.3, 0.4) is 0 Å². The number of aliphatic carboxylic acids is 1. The molecule has 0 spiro atoms. The van der Waals surface area contributed by atoms with Gasteiger partial charge in [0.15, 0.2) is 0 Å². The van der Waals surface area contributed by atoms with Crippen molar-refractivity contribution in [1.82, 2.24) is 15.1 Å². The number of carboxylic acid groups (broad SMARTS) is 1. The van der Waals surface area contributed by atoms with E-state index in [1.807, 2.05) is 0 Å². The molecule has 1 fully saturated rings. The van der Waals surface area contributed by atoms with Crippen molar-refractivity contribution in [1.29, 1.82) is 0 Å². The van der Waals surface area contributed by atoms with Gasteiger partial charge >= 0.3 is 12.0 Å². The molecule has 1 saturated heterocycles. The third-order valence-corrected chi connectivity index (χ3v) is 3.08. The van der Waals surface area contributed by atoms with Crippen molar-refractivity contribution >= 4 is 23.8 Å². The van der Waals surface area contributed by atoms with Gasteiger partial charge in [-0.15, -0.1) is 0 Å². The molecule has 4 amide bonds. The SMILES string of the molecule is CN(CCC(=O)O)C(=O)CN1C(=O)NC(=O)C1(C)C. The zero-order valence-electron chi connectivity index (χ0n) is 11.1. The second-order valence-electron chi connectivity index (χ2n) is 4.86. The van der Waals surface area contributed by atoms with E-state index in [9.17, 15) is 19.2 Å². The first-order valence-electron chi connectivity index (χ1n) is 5.75. The number of hydrogen-bond donors (Lipinski definition) is 2. The van der Waals surface area contributed by atoms with Crippen LogP contribution in [0.1, 0.15) is 20.3 Å². The largest absolute Gasteiger partial charge is 0.481 e. The minimum atomic E-state index is -1.08. The molecule has 0 atom stereocenters. The summed E-state index contributed by atoms with van der Waals surface area (Å²) < 4.78 is 0. The van der Waals surface area contributed by atoms with Crippen molar-refractivity contribution in [2.45, 2.75) is 25.8 Å². The van der Waals surface area contributed by atoms with E-state index in [0.29, 0.717) is 0 Å². The topological polar surface area (TPSA) is 107 Å². The number of nitrogens with zero attached hydrogens (tertiary/aromatic N) is 2. The molecule has 2 N–H and O–H groups in total. The molecule has 1 aliphatic rings. The minimum Gasteiger partial charge on any atom is -0.481 e. The lowest BCUT2D eigenvalue weighted by molar-refractivity contribution is -0.138. The van der Waals surface area contributed by atoms with E-state index in [1.54, 1.807) is 0 Å². The van der Waals surface area contributed by atoms with Gasteiger partial charge in [-0.3, -0.25) is 19.7 Å². The van der Waals surface area contributed by atoms with E-state index in [-0.39, 0.29) is 19.5 Å². The summed E-state index contributed by atoms with van der Waals surface area (Å²) in [5.41, 5.74) is -1.08. The summed E-state index contributed by atoms with van der Waals surface area (Å²) >= 11 is 0. The minimum absolute atomic E-state index is 0.0536. The lowest BCUT2D eigenvalue weighted by Crippen LogP contribution is -2.49. The highest BCUT2D eigenvalue weighted by Crippen LogP contribution is 2.20. The van der Waals surface area contributed by atoms with E-state index >= 15 is 0 Å². The Morgan fingerprint density at radius 2 is 1.95 bits per heavy atom. The Morgan fingerprint density at radius 1 is 1.37 bits per heavy atom. The Labute approximate surface area is 110 Å². The van der Waals surface area contributed by atoms with E-state index in [4.69, 9.17) is 5.11 Å². The Hall–Kier alpha value is -2.12. The fourth-order valence-corrected chi connectivity index (χ4v) is 1.61. The third-order valence-electron chi connectivity index (χ3n) is 3.08. The van der Waals surface area contributed by atoms with E-state index < -0.39 is 29.4 Å². The van der Waals surface area contributed by atoms with E-state index in [1.165, 1.54) is 25.8 Å². The predicted molar refractivity (Wildman–Crippen MR) is 64.2 cm³/mol. The number of hydrogen-bond acceptors (Lipinski definition) is 4. The van der Waals surface area contributed by atoms with Gasteiger partial charge in [0.25, 0.3) is 5.91 Å². The number of rotatable bonds is 5. The monoisotopic (exact) mass is 271 g/mol. The van der Waals surface area contributed by atoms with Crippen LogP contribution in [0.25, 0.3) is 0 Å². The second kappa shape index (κ2) is 5.25. The fourth-order valence-electron chi connectivity index (χ4n) is 1.61. The number of carbonyl (C=O) groups is 4. The molecular weight excluding hydrogens is 254 g/mol. The lowest BCUT2D eigenvalue weighted by Gasteiger charge is -2.29. The van der Waals surface area contributed by atoms with Crippen LogP contribution in [0.15, 0.2) is 0 Å². The van der Waals surface area contributed by atoms with Crippen LogP contribution < -0.4 is 5.32 Å². The van der Waals surface area contributed by atoms with Gasteiger partial charge in [0.1, 0.15) is 12.1 Å². The Kier molecular flexibility index (Phi) is 4.13. The maximum absolute atomic E-state index is 11.9. The first kappa shape index (κ1) is 14.9. The van der Waals surface area contributed by atoms with Gasteiger partial charge in [-0.25, -0.2) is 4.79 Å². The summed E-state index contributed by atoms with van der Waals surface area (Å²) in [6.07, 6.45) is -0.170. The number of likely N-dealkylation sites (N-methyl/N-ethyl adjacent to an activating group) is 1. The van der Waals surface area contributed by atoms with Gasteiger partial charge < -0.3 is 14.9 Å². The maximum Gasteiger partial charge on any atom is 0.325 e. The molecule has 0 aromatic carbocycles. The summed E-state index contributed by atoms with van der Waals surface area (Å²) in [6.45, 7) is 2.87. The number of urea groups is 1. The molecular formula is C11H17N3O5. The number of nitrogens with one attached hydrogen (secondary N) is 1. The Balaban J connectivity index is 2.64. The molecule has 0 aromatic rings. The predicted octanol–water partition coefficient (Wildman–Crippen LogP) is -0.750. The van der Waals surface area contributed by atoms with Gasteiger partial charge in [0, 0.05) is 13.6 Å². The molecule has 0 radical (unpaired) electrons. The second-order valence-corrected chi connectivity index (χ2v) is 4.86. The average Bonchev–Trinajstić information content (AvgIpc) is 2.48. The molecule has 19 heavy (non-hydrogen) atoms. The third kappa shape index (κ3) is 3.21. The number of amides is 4. The van der Waals surface area contributed by atoms with Gasteiger partial charge in [-0.1, -0.05) is 0 Å². The van der Waals surface area contributed by atoms with E-state index in [0.717, 1.165) is 4.90 Å². The zero-order valence-corrected chi connectivity index (χ0v) is 11.1. The summed E-state index contributed by atoms with van der Waals surface area (Å²) in [4.78, 5) is 47.7. The van der Waals surface area contributed by atoms with Crippen molar-refractivity contribution in [3.63, 3.8) is 0 Å². The number of carboxylic acids is 1. The first-order valence-corrected chi connectivity index (χ1v) is 5.75. The van der Waals surface area contributed by atoms with Crippen molar-refractivity contribution in [2.75, 3.05) is 20.1 Å². The van der Waals surface area contributed by atoms with Crippen LogP contribution in [0.5, 0.6) is 0 Å². The van der Waals surface area contributed by atoms with Crippen LogP contribution >= 0.6 is 0 Å². The molecule has 1 rings (SSSR count). The van der Waals surface area contributed by atoms with Crippen LogP contribution in [-0.2, 0) is 14.4 Å². The number of imide groups is 1. The van der Waals surface area contributed by atoms with Crippen molar-refractivity contribution in [2.24, 2.45) is 0 Å². The smallest absolute Gasteiger partial charge is 0.325 e. The number of carbonyl (C=O) groups excluding carboxylic acids is 3. The van der Waals surface area contributed by atoms with Gasteiger partial charge in [0.05, 0.1) is 6.42 Å². The molecule has 1 aliphatic heterocycles. The molecule has 0 aromatic heterocycles. The van der Waals surface area contributed by atoms with Gasteiger partial charge in [-0.2, -0.15) is 0 Å². The van der Waals surface area contributed by atoms with Gasteiger partial charge in [-0.05, 0) is 13.8 Å². The first-order chi connectivity index (χ1) is 8.66. The molecule has 0 unspecified atom stereocenters. The van der Waals surface area contributed by atoms with Crippen molar-refractivity contribution in [3.05, 3.63) is 0 Å². The molecule has 0 bridgehead atoms. The highest BCUT2D eigenvalue weighted by molar-refractivity contribution is 6.07. The lowest BCUT2D eigenvalue weighted by atomic mass is 10.0. The summed E-state index contributed by atoms with van der Waals surface area (Å²) in [5.74, 6) is -1.88. The summed E-state index contributed by atoms with van der Waals surface area (Å²) in [5, 5.41) is 10.7. The maximum atomic E-state index is 11.9. The molecule has 8 heteroatoms. The molecule has 1 heterocycles. The molecule has 0 aliphatic carbocycles. The zero-order chi connectivity index (χ0) is 14.8. The van der Waals surface area contributed by atoms with Crippen LogP contribution in [0.2, 0.25) is 0 Å². The quantitative estimate of drug-likeness (QED) is 0.640. The van der Waals surface area contributed by atoms with Crippen LogP contribution in [0.4, 0.5) is 4.79 Å². The standard InChI is InChI=1S/C11H17N3O5/c1-11(2)9(18)12-10(19)14(11)6-7(15)13(3)5-4-8(16)17/h4-6H2,1-3H3,(H,16,17)(H,12,18,19). The molecule has 106 valence electrons. The van der Waals surface area contributed by atoms with Crippen LogP contribution in [0, 0.1) is 0 Å². The Bertz CT molecular complexity index is 432. The summed E-state index contributed by atoms with van der Waals surface area (Å²) in [6, 6.07) is -0.616. The highest BCUT2D eigenvalue weighted by Gasteiger charge is 2.46. The Morgan fingerprint density at radius 3 is 2.37 bits per heavy atom. The van der Waals surface area contributed by atoms with E-state index in [2.05, 4.69) is 5.32 Å². The van der Waals surface area contributed by atoms with Crippen molar-refractivity contribution in [3.8, 4) is 0 Å². The summed E-state index contributed by atoms with van der Waals surface area (Å²) in [7, 11) is 1.45. The van der Waals surface area contributed by atoms with Crippen LogP contribution in [-0.4, -0.2) is 64.4 Å². The molecule has 0 saturated carbocycles. The normalized spacial score (nSPS) is 17.3. The fraction of sp³-hybridized carbons (Fsp3) is 0.636. The molecule has 8 nitrogen and oxygen atoms in total. The van der Waals surface area contributed by atoms with Gasteiger partial charge in [0.2, 0.25) is 5.91 Å². The average molecular weight is 271 g/mol. The van der Waals surface area contributed by atoms with Crippen molar-refractivity contribution < 1.29 is 24.3 Å².